The smallest absolute Gasteiger partial charge is 0.317 e. The van der Waals surface area contributed by atoms with Gasteiger partial charge < -0.3 is 15.1 Å². The van der Waals surface area contributed by atoms with Crippen molar-refractivity contribution in [2.45, 2.75) is 44.6 Å². The number of urea groups is 1. The standard InChI is InChI=1S/C19H27F2N3O/c1-23(15-5-3-2-4-6-15)19(25)22-12-14-9-10-24(13-14)16-7-8-17(20)18(21)11-16/h7-8,11,14-15H,2-6,9-10,12-13H2,1H3,(H,22,25). The predicted octanol–water partition coefficient (Wildman–Crippen LogP) is 3.77. The molecule has 138 valence electrons. The van der Waals surface area contributed by atoms with Crippen LogP contribution in [0.5, 0.6) is 0 Å². The number of carbonyl (C=O) groups is 1. The van der Waals surface area contributed by atoms with Gasteiger partial charge in [0.05, 0.1) is 0 Å². The molecule has 1 saturated carbocycles. The quantitative estimate of drug-likeness (QED) is 0.896. The van der Waals surface area contributed by atoms with Crippen molar-refractivity contribution in [3.05, 3.63) is 29.8 Å². The molecule has 6 heteroatoms. The van der Waals surface area contributed by atoms with Crippen LogP contribution in [-0.2, 0) is 0 Å². The zero-order chi connectivity index (χ0) is 17.8. The Hall–Kier alpha value is -1.85. The van der Waals surface area contributed by atoms with E-state index in [-0.39, 0.29) is 6.03 Å². The predicted molar refractivity (Wildman–Crippen MR) is 94.7 cm³/mol. The second-order valence-electron chi connectivity index (χ2n) is 7.29. The van der Waals surface area contributed by atoms with Crippen molar-refractivity contribution >= 4 is 11.7 Å². The van der Waals surface area contributed by atoms with E-state index in [2.05, 4.69) is 5.32 Å². The Labute approximate surface area is 148 Å². The maximum Gasteiger partial charge on any atom is 0.317 e. The lowest BCUT2D eigenvalue weighted by Gasteiger charge is -2.31. The highest BCUT2D eigenvalue weighted by atomic mass is 19.2. The minimum atomic E-state index is -0.822. The molecule has 1 aromatic carbocycles. The first-order valence-electron chi connectivity index (χ1n) is 9.25. The van der Waals surface area contributed by atoms with Gasteiger partial charge in [-0.2, -0.15) is 0 Å². The third kappa shape index (κ3) is 4.41. The second kappa shape index (κ2) is 8.02. The number of nitrogens with one attached hydrogen (secondary N) is 1. The molecule has 3 rings (SSSR count). The van der Waals surface area contributed by atoms with E-state index in [1.54, 1.807) is 6.07 Å². The fourth-order valence-electron chi connectivity index (χ4n) is 3.91. The Morgan fingerprint density at radius 2 is 1.96 bits per heavy atom. The van der Waals surface area contributed by atoms with Gasteiger partial charge in [0.25, 0.3) is 0 Å². The minimum absolute atomic E-state index is 0.00169. The first-order valence-corrected chi connectivity index (χ1v) is 9.25. The Balaban J connectivity index is 1.46. The molecule has 4 nitrogen and oxygen atoms in total. The molecule has 1 aromatic rings. The Kier molecular flexibility index (Phi) is 5.76. The first kappa shape index (κ1) is 18.0. The van der Waals surface area contributed by atoms with Crippen molar-refractivity contribution in [1.29, 1.82) is 0 Å². The average Bonchev–Trinajstić information content (AvgIpc) is 3.11. The molecule has 0 radical (unpaired) electrons. The fraction of sp³-hybridized carbons (Fsp3) is 0.632. The van der Waals surface area contributed by atoms with Crippen LogP contribution in [0.2, 0.25) is 0 Å². The largest absolute Gasteiger partial charge is 0.371 e. The minimum Gasteiger partial charge on any atom is -0.371 e. The third-order valence-electron chi connectivity index (χ3n) is 5.54. The van der Waals surface area contributed by atoms with Gasteiger partial charge in [0, 0.05) is 44.5 Å². The number of hydrogen-bond acceptors (Lipinski definition) is 2. The number of halogens is 2. The van der Waals surface area contributed by atoms with Crippen molar-refractivity contribution in [3.8, 4) is 0 Å². The molecule has 25 heavy (non-hydrogen) atoms. The highest BCUT2D eigenvalue weighted by molar-refractivity contribution is 5.74. The van der Waals surface area contributed by atoms with E-state index >= 15 is 0 Å². The van der Waals surface area contributed by atoms with Crippen LogP contribution in [0.15, 0.2) is 18.2 Å². The van der Waals surface area contributed by atoms with Crippen LogP contribution >= 0.6 is 0 Å². The van der Waals surface area contributed by atoms with Crippen LogP contribution in [0, 0.1) is 17.6 Å². The molecule has 0 aromatic heterocycles. The second-order valence-corrected chi connectivity index (χ2v) is 7.29. The summed E-state index contributed by atoms with van der Waals surface area (Å²) < 4.78 is 26.4. The Morgan fingerprint density at radius 1 is 1.20 bits per heavy atom. The van der Waals surface area contributed by atoms with Crippen LogP contribution < -0.4 is 10.2 Å². The number of benzene rings is 1. The van der Waals surface area contributed by atoms with E-state index in [1.807, 2.05) is 16.8 Å². The maximum atomic E-state index is 13.4. The monoisotopic (exact) mass is 351 g/mol. The molecule has 1 atom stereocenters. The topological polar surface area (TPSA) is 35.6 Å². The Morgan fingerprint density at radius 3 is 2.68 bits per heavy atom. The number of rotatable bonds is 4. The lowest BCUT2D eigenvalue weighted by molar-refractivity contribution is 0.172. The van der Waals surface area contributed by atoms with E-state index in [0.717, 1.165) is 32.4 Å². The van der Waals surface area contributed by atoms with Gasteiger partial charge in [-0.3, -0.25) is 0 Å². The molecule has 2 aliphatic rings. The van der Waals surface area contributed by atoms with Gasteiger partial charge in [-0.25, -0.2) is 13.6 Å². The van der Waals surface area contributed by atoms with Crippen molar-refractivity contribution in [3.63, 3.8) is 0 Å². The van der Waals surface area contributed by atoms with Gasteiger partial charge >= 0.3 is 6.03 Å². The lowest BCUT2D eigenvalue weighted by atomic mass is 9.95. The highest BCUT2D eigenvalue weighted by Crippen LogP contribution is 2.25. The SMILES string of the molecule is CN(C(=O)NCC1CCN(c2ccc(F)c(F)c2)C1)C1CCCCC1. The molecule has 0 spiro atoms. The van der Waals surface area contributed by atoms with Crippen LogP contribution in [0.3, 0.4) is 0 Å². The summed E-state index contributed by atoms with van der Waals surface area (Å²) in [6.07, 6.45) is 6.80. The molecule has 0 bridgehead atoms. The number of anilines is 1. The molecule has 1 aliphatic heterocycles. The van der Waals surface area contributed by atoms with Crippen molar-refractivity contribution in [2.75, 3.05) is 31.6 Å². The van der Waals surface area contributed by atoms with Gasteiger partial charge in [-0.15, -0.1) is 0 Å². The van der Waals surface area contributed by atoms with E-state index in [0.29, 0.717) is 24.2 Å². The molecule has 1 unspecified atom stereocenters. The average molecular weight is 351 g/mol. The van der Waals surface area contributed by atoms with Crippen LogP contribution in [0.4, 0.5) is 19.3 Å². The summed E-state index contributed by atoms with van der Waals surface area (Å²) in [5.74, 6) is -1.31. The summed E-state index contributed by atoms with van der Waals surface area (Å²) in [7, 11) is 1.88. The molecule has 1 saturated heterocycles. The zero-order valence-corrected chi connectivity index (χ0v) is 14.8. The van der Waals surface area contributed by atoms with Gasteiger partial charge in [0.2, 0.25) is 0 Å². The summed E-state index contributed by atoms with van der Waals surface area (Å²) in [6.45, 7) is 2.17. The summed E-state index contributed by atoms with van der Waals surface area (Å²) in [4.78, 5) is 16.2. The number of hydrogen-bond donors (Lipinski definition) is 1. The third-order valence-corrected chi connectivity index (χ3v) is 5.54. The summed E-state index contributed by atoms with van der Waals surface area (Å²) in [5, 5.41) is 3.04. The molecule has 1 heterocycles. The molecular weight excluding hydrogens is 324 g/mol. The van der Waals surface area contributed by atoms with Crippen molar-refractivity contribution in [2.24, 2.45) is 5.92 Å². The van der Waals surface area contributed by atoms with Gasteiger partial charge in [0.15, 0.2) is 11.6 Å². The zero-order valence-electron chi connectivity index (χ0n) is 14.8. The molecule has 2 fully saturated rings. The molecular formula is C19H27F2N3O. The van der Waals surface area contributed by atoms with E-state index in [1.165, 1.54) is 31.4 Å². The maximum absolute atomic E-state index is 13.4. The number of amides is 2. The van der Waals surface area contributed by atoms with E-state index in [9.17, 15) is 13.6 Å². The van der Waals surface area contributed by atoms with E-state index < -0.39 is 11.6 Å². The first-order chi connectivity index (χ1) is 12.0. The summed E-state index contributed by atoms with van der Waals surface area (Å²) >= 11 is 0. The van der Waals surface area contributed by atoms with Crippen LogP contribution in [0.1, 0.15) is 38.5 Å². The molecule has 1 aliphatic carbocycles. The summed E-state index contributed by atoms with van der Waals surface area (Å²) in [5.41, 5.74) is 0.701. The van der Waals surface area contributed by atoms with Crippen LogP contribution in [0.25, 0.3) is 0 Å². The lowest BCUT2D eigenvalue weighted by Crippen LogP contribution is -2.45. The van der Waals surface area contributed by atoms with E-state index in [4.69, 9.17) is 0 Å². The van der Waals surface area contributed by atoms with Crippen molar-refractivity contribution in [1.82, 2.24) is 10.2 Å². The van der Waals surface area contributed by atoms with Gasteiger partial charge in [-0.1, -0.05) is 19.3 Å². The van der Waals surface area contributed by atoms with Crippen LogP contribution in [-0.4, -0.2) is 43.7 Å². The normalized spacial score (nSPS) is 21.4. The number of nitrogens with zero attached hydrogens (tertiary/aromatic N) is 2. The van der Waals surface area contributed by atoms with Gasteiger partial charge in [0.1, 0.15) is 0 Å². The highest BCUT2D eigenvalue weighted by Gasteiger charge is 2.26. The van der Waals surface area contributed by atoms with Crippen molar-refractivity contribution < 1.29 is 13.6 Å². The Bertz CT molecular complexity index is 604. The summed E-state index contributed by atoms with van der Waals surface area (Å²) in [6, 6.07) is 4.37. The number of carbonyl (C=O) groups excluding carboxylic acids is 1. The molecule has 2 amide bonds. The molecule has 1 N–H and O–H groups in total. The fourth-order valence-corrected chi connectivity index (χ4v) is 3.91. The van der Waals surface area contributed by atoms with Gasteiger partial charge in [-0.05, 0) is 37.3 Å².